The van der Waals surface area contributed by atoms with Gasteiger partial charge in [0.15, 0.2) is 0 Å². The topological polar surface area (TPSA) is 66.8 Å². The summed E-state index contributed by atoms with van der Waals surface area (Å²) >= 11 is 0. The van der Waals surface area contributed by atoms with E-state index in [1.807, 2.05) is 50.3 Å². The number of phenols is 1. The fraction of sp³-hybridized carbons (Fsp3) is 0.261. The number of carboxylic acid groups (broad SMARTS) is 1. The second kappa shape index (κ2) is 9.08. The summed E-state index contributed by atoms with van der Waals surface area (Å²) in [6, 6.07) is 9.61. The summed E-state index contributed by atoms with van der Waals surface area (Å²) in [4.78, 5) is 12.0. The van der Waals surface area contributed by atoms with Crippen molar-refractivity contribution in [3.8, 4) is 11.5 Å². The number of carboxylic acids is 1. The molecule has 2 rings (SSSR count). The van der Waals surface area contributed by atoms with Gasteiger partial charge in [-0.2, -0.15) is 0 Å². The largest absolute Gasteiger partial charge is 0.507 e. The summed E-state index contributed by atoms with van der Waals surface area (Å²) in [6.07, 6.45) is 5.28. The van der Waals surface area contributed by atoms with Crippen LogP contribution < -0.4 is 4.74 Å². The van der Waals surface area contributed by atoms with Crippen LogP contribution >= 0.6 is 0 Å². The van der Waals surface area contributed by atoms with Crippen molar-refractivity contribution in [1.82, 2.24) is 0 Å². The van der Waals surface area contributed by atoms with E-state index < -0.39 is 5.97 Å². The van der Waals surface area contributed by atoms with Crippen LogP contribution in [0.4, 0.5) is 0 Å². The van der Waals surface area contributed by atoms with E-state index in [2.05, 4.69) is 6.58 Å². The van der Waals surface area contributed by atoms with Crippen LogP contribution in [0.25, 0.3) is 12.2 Å². The zero-order valence-electron chi connectivity index (χ0n) is 16.1. The number of hydrogen-bond acceptors (Lipinski definition) is 3. The van der Waals surface area contributed by atoms with Crippen molar-refractivity contribution in [2.75, 3.05) is 7.11 Å². The highest BCUT2D eigenvalue weighted by Gasteiger charge is 2.26. The number of allylic oxidation sites excluding steroid dienone is 1. The number of aromatic carboxylic acids is 1. The van der Waals surface area contributed by atoms with Crippen molar-refractivity contribution in [1.29, 1.82) is 0 Å². The highest BCUT2D eigenvalue weighted by Crippen LogP contribution is 2.41. The van der Waals surface area contributed by atoms with Gasteiger partial charge in [-0.1, -0.05) is 55.0 Å². The Morgan fingerprint density at radius 2 is 1.85 bits per heavy atom. The average molecular weight is 366 g/mol. The molecule has 2 aromatic carbocycles. The molecule has 0 aliphatic rings. The smallest absolute Gasteiger partial charge is 0.340 e. The number of hydrogen-bond donors (Lipinski definition) is 2. The first kappa shape index (κ1) is 20.3. The number of aromatic hydroxyl groups is 1. The monoisotopic (exact) mass is 366 g/mol. The molecule has 0 amide bonds. The molecule has 0 aliphatic carbocycles. The Bertz CT molecular complexity index is 864. The maximum Gasteiger partial charge on any atom is 0.340 e. The van der Waals surface area contributed by atoms with Crippen LogP contribution in [0.15, 0.2) is 42.5 Å². The first-order chi connectivity index (χ1) is 12.9. The zero-order valence-corrected chi connectivity index (χ0v) is 16.1. The molecule has 142 valence electrons. The molecule has 0 saturated carbocycles. The lowest BCUT2D eigenvalue weighted by Gasteiger charge is -2.20. The average Bonchev–Trinajstić information content (AvgIpc) is 2.64. The summed E-state index contributed by atoms with van der Waals surface area (Å²) < 4.78 is 5.59. The third-order valence-electron chi connectivity index (χ3n) is 4.48. The lowest BCUT2D eigenvalue weighted by Crippen LogP contribution is -2.09. The van der Waals surface area contributed by atoms with Gasteiger partial charge in [-0.15, -0.1) is 6.58 Å². The number of carbonyl (C=O) groups is 1. The van der Waals surface area contributed by atoms with E-state index in [1.54, 1.807) is 13.2 Å². The molecule has 0 aliphatic heterocycles. The Labute approximate surface area is 160 Å². The van der Waals surface area contributed by atoms with Gasteiger partial charge in [0, 0.05) is 11.1 Å². The summed E-state index contributed by atoms with van der Waals surface area (Å²) in [5.41, 5.74) is 3.59. The molecule has 0 saturated heterocycles. The van der Waals surface area contributed by atoms with Crippen LogP contribution in [0.5, 0.6) is 11.5 Å². The zero-order chi connectivity index (χ0) is 20.0. The molecule has 4 heteroatoms. The van der Waals surface area contributed by atoms with Crippen molar-refractivity contribution in [2.45, 2.75) is 33.1 Å². The van der Waals surface area contributed by atoms with Crippen LogP contribution in [-0.2, 0) is 12.8 Å². The van der Waals surface area contributed by atoms with Crippen LogP contribution in [0.2, 0.25) is 0 Å². The standard InChI is InChI=1S/C23H26O4/c1-5-17-18(14-12-16-9-7-6-8-10-16)20(23(25)26)21(24)19(22(17)27-4)13-11-15(2)3/h6-10,12,14,24H,2,5,11,13H2,1,3-4H3,(H,25,26). The number of benzene rings is 2. The Balaban J connectivity index is 2.70. The molecule has 0 heterocycles. The first-order valence-corrected chi connectivity index (χ1v) is 8.96. The Kier molecular flexibility index (Phi) is 6.83. The van der Waals surface area contributed by atoms with Crippen molar-refractivity contribution in [3.63, 3.8) is 0 Å². The van der Waals surface area contributed by atoms with Gasteiger partial charge in [0.05, 0.1) is 7.11 Å². The predicted octanol–water partition coefficient (Wildman–Crippen LogP) is 5.34. The maximum absolute atomic E-state index is 12.0. The number of ether oxygens (including phenoxy) is 1. The summed E-state index contributed by atoms with van der Waals surface area (Å²) in [7, 11) is 1.54. The van der Waals surface area contributed by atoms with E-state index in [9.17, 15) is 15.0 Å². The van der Waals surface area contributed by atoms with Gasteiger partial charge in [-0.05, 0) is 37.3 Å². The molecule has 0 aromatic heterocycles. The molecule has 0 bridgehead atoms. The molecule has 27 heavy (non-hydrogen) atoms. The highest BCUT2D eigenvalue weighted by atomic mass is 16.5. The fourth-order valence-corrected chi connectivity index (χ4v) is 3.15. The van der Waals surface area contributed by atoms with E-state index in [0.717, 1.165) is 16.7 Å². The second-order valence-corrected chi connectivity index (χ2v) is 6.49. The molecular weight excluding hydrogens is 340 g/mol. The minimum absolute atomic E-state index is 0.0865. The maximum atomic E-state index is 12.0. The van der Waals surface area contributed by atoms with Gasteiger partial charge in [0.1, 0.15) is 17.1 Å². The molecule has 0 spiro atoms. The molecule has 0 radical (unpaired) electrons. The van der Waals surface area contributed by atoms with Crippen molar-refractivity contribution in [2.24, 2.45) is 0 Å². The SMILES string of the molecule is C=C(C)CCc1c(O)c(C(=O)O)c(C=Cc2ccccc2)c(CC)c1OC. The highest BCUT2D eigenvalue weighted by molar-refractivity contribution is 5.98. The molecule has 0 atom stereocenters. The molecular formula is C23H26O4. The lowest BCUT2D eigenvalue weighted by molar-refractivity contribution is 0.0693. The van der Waals surface area contributed by atoms with Crippen LogP contribution in [0.3, 0.4) is 0 Å². The van der Waals surface area contributed by atoms with Gasteiger partial charge >= 0.3 is 5.97 Å². The number of rotatable bonds is 8. The van der Waals surface area contributed by atoms with Gasteiger partial charge in [-0.3, -0.25) is 0 Å². The Morgan fingerprint density at radius 3 is 2.37 bits per heavy atom. The third-order valence-corrected chi connectivity index (χ3v) is 4.48. The van der Waals surface area contributed by atoms with Gasteiger partial charge in [0.2, 0.25) is 0 Å². The van der Waals surface area contributed by atoms with E-state index in [4.69, 9.17) is 4.74 Å². The third kappa shape index (κ3) is 4.59. The van der Waals surface area contributed by atoms with Crippen LogP contribution in [-0.4, -0.2) is 23.3 Å². The quantitative estimate of drug-likeness (QED) is 0.489. The normalized spacial score (nSPS) is 10.9. The summed E-state index contributed by atoms with van der Waals surface area (Å²) in [5, 5.41) is 20.5. The summed E-state index contributed by atoms with van der Waals surface area (Å²) in [5.74, 6) is -0.839. The van der Waals surface area contributed by atoms with Crippen molar-refractivity contribution < 1.29 is 19.7 Å². The van der Waals surface area contributed by atoms with Gasteiger partial charge in [0.25, 0.3) is 0 Å². The molecule has 0 unspecified atom stereocenters. The number of methoxy groups -OCH3 is 1. The van der Waals surface area contributed by atoms with E-state index >= 15 is 0 Å². The lowest BCUT2D eigenvalue weighted by atomic mass is 9.90. The molecule has 2 aromatic rings. The summed E-state index contributed by atoms with van der Waals surface area (Å²) in [6.45, 7) is 7.74. The molecule has 2 N–H and O–H groups in total. The van der Waals surface area contributed by atoms with Gasteiger partial charge in [-0.25, -0.2) is 4.79 Å². The van der Waals surface area contributed by atoms with E-state index in [-0.39, 0.29) is 11.3 Å². The Morgan fingerprint density at radius 1 is 1.19 bits per heavy atom. The van der Waals surface area contributed by atoms with E-state index in [0.29, 0.717) is 36.1 Å². The van der Waals surface area contributed by atoms with Crippen molar-refractivity contribution >= 4 is 18.1 Å². The minimum Gasteiger partial charge on any atom is -0.507 e. The van der Waals surface area contributed by atoms with Crippen LogP contribution in [0.1, 0.15) is 52.9 Å². The molecule has 4 nitrogen and oxygen atoms in total. The van der Waals surface area contributed by atoms with Crippen molar-refractivity contribution in [3.05, 3.63) is 70.3 Å². The predicted molar refractivity (Wildman–Crippen MR) is 110 cm³/mol. The molecule has 0 fully saturated rings. The first-order valence-electron chi connectivity index (χ1n) is 8.96. The van der Waals surface area contributed by atoms with Gasteiger partial charge < -0.3 is 14.9 Å². The second-order valence-electron chi connectivity index (χ2n) is 6.49. The van der Waals surface area contributed by atoms with Crippen LogP contribution in [0, 0.1) is 0 Å². The Hall–Kier alpha value is -3.01. The fourth-order valence-electron chi connectivity index (χ4n) is 3.15. The minimum atomic E-state index is -1.16. The van der Waals surface area contributed by atoms with E-state index in [1.165, 1.54) is 0 Å².